The molecule has 1 heterocycles. The molecule has 4 aromatic carbocycles. The molecule has 1 amide bonds. The van der Waals surface area contributed by atoms with E-state index < -0.39 is 50.8 Å². The molecular formula is C32H24ClF2N3O5S. The number of nitrogens with one attached hydrogen (secondary N) is 2. The minimum absolute atomic E-state index is 0.135. The summed E-state index contributed by atoms with van der Waals surface area (Å²) in [5, 5.41) is 13.2. The van der Waals surface area contributed by atoms with Crippen LogP contribution in [0.25, 0.3) is 22.0 Å². The lowest BCUT2D eigenvalue weighted by Crippen LogP contribution is -2.43. The number of nitrogens with zero attached hydrogens (tertiary/aromatic N) is 1. The molecule has 224 valence electrons. The fourth-order valence-electron chi connectivity index (χ4n) is 4.78. The van der Waals surface area contributed by atoms with Crippen molar-refractivity contribution in [2.75, 3.05) is 4.72 Å². The van der Waals surface area contributed by atoms with E-state index in [1.165, 1.54) is 24.3 Å². The summed E-state index contributed by atoms with van der Waals surface area (Å²) >= 11 is 6.49. The van der Waals surface area contributed by atoms with Gasteiger partial charge in [-0.15, -0.1) is 0 Å². The third-order valence-electron chi connectivity index (χ3n) is 6.88. The van der Waals surface area contributed by atoms with E-state index in [2.05, 4.69) is 15.0 Å². The van der Waals surface area contributed by atoms with Crippen LogP contribution in [0, 0.1) is 18.6 Å². The number of pyridine rings is 1. The first-order chi connectivity index (χ1) is 20.9. The molecule has 0 bridgehead atoms. The highest BCUT2D eigenvalue weighted by molar-refractivity contribution is 7.92. The molecule has 0 fully saturated rings. The highest BCUT2D eigenvalue weighted by Crippen LogP contribution is 2.35. The Morgan fingerprint density at radius 3 is 2.27 bits per heavy atom. The predicted molar refractivity (Wildman–Crippen MR) is 163 cm³/mol. The van der Waals surface area contributed by atoms with E-state index in [1.807, 2.05) is 25.1 Å². The molecule has 5 aromatic rings. The van der Waals surface area contributed by atoms with E-state index in [4.69, 9.17) is 11.6 Å². The maximum Gasteiger partial charge on any atom is 0.326 e. The quantitative estimate of drug-likeness (QED) is 0.173. The van der Waals surface area contributed by atoms with Gasteiger partial charge in [-0.05, 0) is 54.4 Å². The summed E-state index contributed by atoms with van der Waals surface area (Å²) in [7, 11) is -4.16. The van der Waals surface area contributed by atoms with Gasteiger partial charge in [-0.3, -0.25) is 14.5 Å². The van der Waals surface area contributed by atoms with Crippen LogP contribution in [0.15, 0.2) is 96.0 Å². The van der Waals surface area contributed by atoms with E-state index in [-0.39, 0.29) is 11.3 Å². The van der Waals surface area contributed by atoms with Crippen LogP contribution in [0.4, 0.5) is 14.5 Å². The molecule has 1 atom stereocenters. The Labute approximate surface area is 256 Å². The minimum Gasteiger partial charge on any atom is -0.480 e. The number of aromatic nitrogens is 1. The number of carbonyl (C=O) groups excluding carboxylic acids is 1. The fraction of sp³-hybridized carbons (Fsp3) is 0.0938. The average Bonchev–Trinajstić information content (AvgIpc) is 2.97. The molecular weight excluding hydrogens is 612 g/mol. The Hall–Kier alpha value is -4.87. The van der Waals surface area contributed by atoms with Crippen LogP contribution in [0.5, 0.6) is 0 Å². The van der Waals surface area contributed by atoms with Gasteiger partial charge in [0.2, 0.25) is 0 Å². The third-order valence-corrected chi connectivity index (χ3v) is 8.59. The van der Waals surface area contributed by atoms with Gasteiger partial charge < -0.3 is 10.4 Å². The SMILES string of the molecule is Cc1ccc(-c2ccc(C[C@H](NC(=O)c3c(F)cc(NS(=O)(=O)c4ccccc4)cc3F)C(=O)O)c3cccnc23)c(Cl)c1. The second-order valence-electron chi connectivity index (χ2n) is 9.96. The van der Waals surface area contributed by atoms with Crippen molar-refractivity contribution in [1.82, 2.24) is 10.3 Å². The molecule has 0 saturated carbocycles. The van der Waals surface area contributed by atoms with Crippen LogP contribution in [-0.2, 0) is 21.2 Å². The van der Waals surface area contributed by atoms with Gasteiger partial charge in [-0.25, -0.2) is 22.0 Å². The molecule has 5 rings (SSSR count). The highest BCUT2D eigenvalue weighted by atomic mass is 35.5. The fourth-order valence-corrected chi connectivity index (χ4v) is 6.18. The summed E-state index contributed by atoms with van der Waals surface area (Å²) in [6, 6.07) is 19.3. The monoisotopic (exact) mass is 635 g/mol. The molecule has 0 unspecified atom stereocenters. The van der Waals surface area contributed by atoms with Crippen molar-refractivity contribution in [3.8, 4) is 11.1 Å². The van der Waals surface area contributed by atoms with E-state index in [0.717, 1.165) is 16.7 Å². The molecule has 8 nitrogen and oxygen atoms in total. The van der Waals surface area contributed by atoms with Crippen LogP contribution in [0.1, 0.15) is 21.5 Å². The topological polar surface area (TPSA) is 125 Å². The van der Waals surface area contributed by atoms with E-state index in [9.17, 15) is 31.9 Å². The number of anilines is 1. The number of carboxylic acid groups (broad SMARTS) is 1. The summed E-state index contributed by atoms with van der Waals surface area (Å²) in [5.41, 5.74) is 1.98. The Kier molecular flexibility index (Phi) is 8.61. The number of carboxylic acids is 1. The number of benzene rings is 4. The van der Waals surface area contributed by atoms with Crippen LogP contribution in [0.2, 0.25) is 5.02 Å². The molecule has 0 aliphatic carbocycles. The largest absolute Gasteiger partial charge is 0.480 e. The van der Waals surface area contributed by atoms with Gasteiger partial charge in [0.25, 0.3) is 15.9 Å². The van der Waals surface area contributed by atoms with Crippen LogP contribution >= 0.6 is 11.6 Å². The molecule has 0 radical (unpaired) electrons. The lowest BCUT2D eigenvalue weighted by Gasteiger charge is -2.18. The number of aryl methyl sites for hydroxylation is 1. The maximum atomic E-state index is 15.0. The molecule has 3 N–H and O–H groups in total. The summed E-state index contributed by atoms with van der Waals surface area (Å²) in [6.07, 6.45) is 1.35. The average molecular weight is 636 g/mol. The second-order valence-corrected chi connectivity index (χ2v) is 12.0. The van der Waals surface area contributed by atoms with Crippen molar-refractivity contribution in [2.24, 2.45) is 0 Å². The summed E-state index contributed by atoms with van der Waals surface area (Å²) in [5.74, 6) is -5.53. The Morgan fingerprint density at radius 1 is 0.932 bits per heavy atom. The van der Waals surface area contributed by atoms with Gasteiger partial charge >= 0.3 is 5.97 Å². The van der Waals surface area contributed by atoms with Gasteiger partial charge in [0.05, 0.1) is 16.1 Å². The summed E-state index contributed by atoms with van der Waals surface area (Å²) in [6.45, 7) is 1.91. The zero-order valence-corrected chi connectivity index (χ0v) is 24.6. The Morgan fingerprint density at radius 2 is 1.61 bits per heavy atom. The van der Waals surface area contributed by atoms with E-state index >= 15 is 0 Å². The third kappa shape index (κ3) is 6.38. The first kappa shape index (κ1) is 30.6. The first-order valence-electron chi connectivity index (χ1n) is 13.2. The number of sulfonamides is 1. The van der Waals surface area contributed by atoms with Crippen molar-refractivity contribution >= 4 is 50.1 Å². The van der Waals surface area contributed by atoms with E-state index in [1.54, 1.807) is 36.5 Å². The van der Waals surface area contributed by atoms with Gasteiger partial charge in [0.1, 0.15) is 23.2 Å². The standard InChI is InChI=1S/C32H24ClF2N3O5S/c1-18-9-11-23(25(33)14-18)24-12-10-19(22-8-5-13-36-30(22)24)15-28(32(40)41)37-31(39)29-26(34)16-20(17-27(29)35)38-44(42,43)21-6-3-2-4-7-21/h2-14,16-17,28,38H,15H2,1H3,(H,37,39)(H,40,41)/t28-/m0/s1. The lowest BCUT2D eigenvalue weighted by molar-refractivity contribution is -0.139. The predicted octanol–water partition coefficient (Wildman–Crippen LogP) is 6.37. The molecule has 0 saturated heterocycles. The number of fused-ring (bicyclic) bond motifs is 1. The van der Waals surface area contributed by atoms with Crippen molar-refractivity contribution in [2.45, 2.75) is 24.3 Å². The molecule has 1 aromatic heterocycles. The van der Waals surface area contributed by atoms with Crippen LogP contribution in [-0.4, -0.2) is 36.4 Å². The van der Waals surface area contributed by atoms with Gasteiger partial charge in [-0.1, -0.05) is 60.1 Å². The number of halogens is 3. The van der Waals surface area contributed by atoms with Crippen LogP contribution in [0.3, 0.4) is 0 Å². The summed E-state index contributed by atoms with van der Waals surface area (Å²) < 4.78 is 57.1. The van der Waals surface area contributed by atoms with E-state index in [0.29, 0.717) is 33.6 Å². The van der Waals surface area contributed by atoms with Crippen molar-refractivity contribution < 1.29 is 31.9 Å². The molecule has 0 aliphatic rings. The summed E-state index contributed by atoms with van der Waals surface area (Å²) in [4.78, 5) is 29.5. The number of amides is 1. The van der Waals surface area contributed by atoms with Gasteiger partial charge in [-0.2, -0.15) is 0 Å². The first-order valence-corrected chi connectivity index (χ1v) is 15.0. The van der Waals surface area contributed by atoms with Crippen molar-refractivity contribution in [1.29, 1.82) is 0 Å². The smallest absolute Gasteiger partial charge is 0.326 e. The molecule has 0 aliphatic heterocycles. The minimum atomic E-state index is -4.16. The van der Waals surface area contributed by atoms with Gasteiger partial charge in [0, 0.05) is 34.2 Å². The highest BCUT2D eigenvalue weighted by Gasteiger charge is 2.27. The number of rotatable bonds is 9. The van der Waals surface area contributed by atoms with Crippen molar-refractivity contribution in [3.63, 3.8) is 0 Å². The maximum absolute atomic E-state index is 15.0. The zero-order valence-electron chi connectivity index (χ0n) is 23.0. The number of hydrogen-bond donors (Lipinski definition) is 3. The number of carbonyl (C=O) groups is 2. The number of aliphatic carboxylic acids is 1. The molecule has 44 heavy (non-hydrogen) atoms. The molecule has 12 heteroatoms. The number of hydrogen-bond acceptors (Lipinski definition) is 5. The zero-order chi connectivity index (χ0) is 31.6. The van der Waals surface area contributed by atoms with Crippen LogP contribution < -0.4 is 10.0 Å². The lowest BCUT2D eigenvalue weighted by atomic mass is 9.94. The second kappa shape index (κ2) is 12.4. The normalized spacial score (nSPS) is 12.1. The van der Waals surface area contributed by atoms with Gasteiger partial charge in [0.15, 0.2) is 0 Å². The van der Waals surface area contributed by atoms with Crippen molar-refractivity contribution in [3.05, 3.63) is 124 Å². The molecule has 0 spiro atoms. The Bertz CT molecular complexity index is 2000. The Balaban J connectivity index is 1.41.